The van der Waals surface area contributed by atoms with E-state index in [0.29, 0.717) is 13.2 Å². The van der Waals surface area contributed by atoms with Crippen molar-refractivity contribution in [2.75, 3.05) is 24.7 Å². The van der Waals surface area contributed by atoms with Crippen molar-refractivity contribution in [2.45, 2.75) is 13.0 Å². The van der Waals surface area contributed by atoms with E-state index in [9.17, 15) is 4.39 Å². The molecule has 1 aliphatic heterocycles. The fourth-order valence-electron chi connectivity index (χ4n) is 1.77. The van der Waals surface area contributed by atoms with Gasteiger partial charge in [0, 0.05) is 18.3 Å². The molecule has 4 heteroatoms. The molecular weight excluding hydrogens is 217 g/mol. The Hall–Kier alpha value is -0.800. The number of anilines is 1. The van der Waals surface area contributed by atoms with Crippen LogP contribution in [0.3, 0.4) is 0 Å². The largest absolute Gasteiger partial charge is 0.377 e. The maximum Gasteiger partial charge on any atom is 0.143 e. The van der Waals surface area contributed by atoms with E-state index in [0.717, 1.165) is 12.2 Å². The van der Waals surface area contributed by atoms with Crippen LogP contribution in [-0.2, 0) is 4.74 Å². The Morgan fingerprint density at radius 1 is 1.53 bits per heavy atom. The van der Waals surface area contributed by atoms with Gasteiger partial charge in [0.2, 0.25) is 0 Å². The quantitative estimate of drug-likeness (QED) is 0.734. The minimum Gasteiger partial charge on any atom is -0.377 e. The molecule has 0 spiro atoms. The number of rotatable bonds is 1. The van der Waals surface area contributed by atoms with Crippen LogP contribution in [0.15, 0.2) is 18.2 Å². The highest BCUT2D eigenvalue weighted by molar-refractivity contribution is 6.30. The first-order chi connectivity index (χ1) is 7.18. The zero-order chi connectivity index (χ0) is 10.8. The molecule has 0 unspecified atom stereocenters. The van der Waals surface area contributed by atoms with Gasteiger partial charge in [-0.2, -0.15) is 0 Å². The summed E-state index contributed by atoms with van der Waals surface area (Å²) >= 11 is 5.64. The Labute approximate surface area is 93.6 Å². The molecule has 15 heavy (non-hydrogen) atoms. The standard InChI is InChI=1S/C11H13ClFNO/c1-8-7-15-5-4-14(8)9-2-3-10(12)11(13)6-9/h2-3,6,8H,4-5,7H2,1H3/t8-/m1/s1. The Balaban J connectivity index is 2.24. The van der Waals surface area contributed by atoms with Crippen LogP contribution in [0.4, 0.5) is 10.1 Å². The van der Waals surface area contributed by atoms with Gasteiger partial charge in [-0.15, -0.1) is 0 Å². The third-order valence-corrected chi connectivity index (χ3v) is 2.91. The first kappa shape index (κ1) is 10.7. The number of benzene rings is 1. The number of halogens is 2. The molecule has 1 aromatic carbocycles. The summed E-state index contributed by atoms with van der Waals surface area (Å²) in [6.45, 7) is 4.23. The van der Waals surface area contributed by atoms with E-state index in [4.69, 9.17) is 16.3 Å². The number of ether oxygens (including phenoxy) is 1. The second-order valence-electron chi connectivity index (χ2n) is 3.72. The lowest BCUT2D eigenvalue weighted by molar-refractivity contribution is 0.0989. The smallest absolute Gasteiger partial charge is 0.143 e. The Kier molecular flexibility index (Phi) is 3.12. The second-order valence-corrected chi connectivity index (χ2v) is 4.12. The fourth-order valence-corrected chi connectivity index (χ4v) is 1.89. The van der Waals surface area contributed by atoms with Crippen molar-refractivity contribution in [3.05, 3.63) is 29.0 Å². The summed E-state index contributed by atoms with van der Waals surface area (Å²) in [6.07, 6.45) is 0. The zero-order valence-corrected chi connectivity index (χ0v) is 9.30. The predicted octanol–water partition coefficient (Wildman–Crippen LogP) is 2.70. The number of hydrogen-bond acceptors (Lipinski definition) is 2. The summed E-state index contributed by atoms with van der Waals surface area (Å²) in [5, 5.41) is 0.166. The summed E-state index contributed by atoms with van der Waals surface area (Å²) in [7, 11) is 0. The highest BCUT2D eigenvalue weighted by Gasteiger charge is 2.19. The monoisotopic (exact) mass is 229 g/mol. The van der Waals surface area contributed by atoms with Gasteiger partial charge in [-0.05, 0) is 25.1 Å². The number of nitrogens with zero attached hydrogens (tertiary/aromatic N) is 1. The molecule has 0 aliphatic carbocycles. The molecule has 1 aromatic rings. The number of morpholine rings is 1. The van der Waals surface area contributed by atoms with E-state index in [2.05, 4.69) is 11.8 Å². The van der Waals surface area contributed by atoms with Crippen molar-refractivity contribution >= 4 is 17.3 Å². The summed E-state index contributed by atoms with van der Waals surface area (Å²) in [5.41, 5.74) is 0.868. The van der Waals surface area contributed by atoms with Crippen LogP contribution < -0.4 is 4.90 Å². The average molecular weight is 230 g/mol. The van der Waals surface area contributed by atoms with Crippen molar-refractivity contribution in [1.29, 1.82) is 0 Å². The van der Waals surface area contributed by atoms with Gasteiger partial charge in [-0.25, -0.2) is 4.39 Å². The van der Waals surface area contributed by atoms with Gasteiger partial charge in [-0.3, -0.25) is 0 Å². The molecule has 1 atom stereocenters. The molecular formula is C11H13ClFNO. The van der Waals surface area contributed by atoms with Crippen LogP contribution in [-0.4, -0.2) is 25.8 Å². The van der Waals surface area contributed by atoms with Crippen molar-refractivity contribution < 1.29 is 9.13 Å². The van der Waals surface area contributed by atoms with Crippen LogP contribution in [0, 0.1) is 5.82 Å². The van der Waals surface area contributed by atoms with E-state index in [1.807, 2.05) is 6.07 Å². The lowest BCUT2D eigenvalue weighted by atomic mass is 10.2. The number of hydrogen-bond donors (Lipinski definition) is 0. The maximum absolute atomic E-state index is 13.3. The normalized spacial score (nSPS) is 21.8. The molecule has 0 bridgehead atoms. The highest BCUT2D eigenvalue weighted by atomic mass is 35.5. The van der Waals surface area contributed by atoms with E-state index in [1.165, 1.54) is 6.07 Å². The van der Waals surface area contributed by atoms with Crippen LogP contribution in [0.1, 0.15) is 6.92 Å². The molecule has 2 rings (SSSR count). The SMILES string of the molecule is C[C@@H]1COCCN1c1ccc(Cl)c(F)c1. The molecule has 82 valence electrons. The molecule has 1 fully saturated rings. The average Bonchev–Trinajstić information content (AvgIpc) is 2.23. The maximum atomic E-state index is 13.3. The van der Waals surface area contributed by atoms with Gasteiger partial charge < -0.3 is 9.64 Å². The molecule has 0 aromatic heterocycles. The topological polar surface area (TPSA) is 12.5 Å². The van der Waals surface area contributed by atoms with Crippen LogP contribution >= 0.6 is 11.6 Å². The van der Waals surface area contributed by atoms with Gasteiger partial charge in [0.15, 0.2) is 0 Å². The molecule has 0 radical (unpaired) electrons. The van der Waals surface area contributed by atoms with Crippen LogP contribution in [0.5, 0.6) is 0 Å². The van der Waals surface area contributed by atoms with E-state index in [-0.39, 0.29) is 16.9 Å². The van der Waals surface area contributed by atoms with Crippen molar-refractivity contribution in [3.63, 3.8) is 0 Å². The van der Waals surface area contributed by atoms with Gasteiger partial charge in [0.1, 0.15) is 5.82 Å². The Morgan fingerprint density at radius 2 is 2.33 bits per heavy atom. The van der Waals surface area contributed by atoms with E-state index in [1.54, 1.807) is 6.07 Å². The van der Waals surface area contributed by atoms with Gasteiger partial charge in [0.25, 0.3) is 0 Å². The molecule has 2 nitrogen and oxygen atoms in total. The lowest BCUT2D eigenvalue weighted by Crippen LogP contribution is -2.43. The minimum absolute atomic E-state index is 0.166. The molecule has 1 heterocycles. The summed E-state index contributed by atoms with van der Waals surface area (Å²) < 4.78 is 18.6. The zero-order valence-electron chi connectivity index (χ0n) is 8.54. The first-order valence-corrected chi connectivity index (χ1v) is 5.35. The Morgan fingerprint density at radius 3 is 3.00 bits per heavy atom. The van der Waals surface area contributed by atoms with Crippen molar-refractivity contribution in [2.24, 2.45) is 0 Å². The molecule has 0 saturated carbocycles. The molecule has 0 amide bonds. The molecule has 1 aliphatic rings. The predicted molar refractivity (Wildman–Crippen MR) is 59.0 cm³/mol. The highest BCUT2D eigenvalue weighted by Crippen LogP contribution is 2.24. The summed E-state index contributed by atoms with van der Waals surface area (Å²) in [4.78, 5) is 2.13. The van der Waals surface area contributed by atoms with Crippen molar-refractivity contribution in [1.82, 2.24) is 0 Å². The van der Waals surface area contributed by atoms with Gasteiger partial charge in [0.05, 0.1) is 18.2 Å². The van der Waals surface area contributed by atoms with Crippen LogP contribution in [0.2, 0.25) is 5.02 Å². The fraction of sp³-hybridized carbons (Fsp3) is 0.455. The van der Waals surface area contributed by atoms with E-state index < -0.39 is 0 Å². The van der Waals surface area contributed by atoms with Gasteiger partial charge in [-0.1, -0.05) is 11.6 Å². The summed E-state index contributed by atoms with van der Waals surface area (Å²) in [5.74, 6) is -0.368. The Bertz CT molecular complexity index is 358. The third kappa shape index (κ3) is 2.24. The molecule has 0 N–H and O–H groups in total. The van der Waals surface area contributed by atoms with E-state index >= 15 is 0 Å². The summed E-state index contributed by atoms with van der Waals surface area (Å²) in [6, 6.07) is 5.19. The third-order valence-electron chi connectivity index (χ3n) is 2.60. The van der Waals surface area contributed by atoms with Crippen molar-refractivity contribution in [3.8, 4) is 0 Å². The van der Waals surface area contributed by atoms with Crippen LogP contribution in [0.25, 0.3) is 0 Å². The first-order valence-electron chi connectivity index (χ1n) is 4.98. The lowest BCUT2D eigenvalue weighted by Gasteiger charge is -2.35. The second kappa shape index (κ2) is 4.37. The molecule has 1 saturated heterocycles. The van der Waals surface area contributed by atoms with Gasteiger partial charge >= 0.3 is 0 Å². The minimum atomic E-state index is -0.368.